The molecule has 0 saturated heterocycles. The van der Waals surface area contributed by atoms with Gasteiger partial charge in [-0.15, -0.1) is 0 Å². The van der Waals surface area contributed by atoms with E-state index in [9.17, 15) is 18.4 Å². The van der Waals surface area contributed by atoms with E-state index in [1.807, 2.05) is 6.07 Å². The topological polar surface area (TPSA) is 158 Å². The molecule has 3 rings (SSSR count). The quantitative estimate of drug-likeness (QED) is 0.458. The molecule has 1 aromatic carbocycles. The molecule has 0 radical (unpaired) electrons. The molecule has 1 atom stereocenters. The molecule has 0 fully saturated rings. The van der Waals surface area contributed by atoms with Crippen molar-refractivity contribution in [3.63, 3.8) is 0 Å². The molecule has 28 heavy (non-hydrogen) atoms. The summed E-state index contributed by atoms with van der Waals surface area (Å²) < 4.78 is 43.3. The summed E-state index contributed by atoms with van der Waals surface area (Å²) in [4.78, 5) is 8.24. The molecule has 2 aromatic rings. The van der Waals surface area contributed by atoms with E-state index in [1.54, 1.807) is 6.19 Å². The predicted octanol–water partition coefficient (Wildman–Crippen LogP) is 1.80. The van der Waals surface area contributed by atoms with E-state index >= 15 is 0 Å². The number of halogens is 3. The highest BCUT2D eigenvalue weighted by molar-refractivity contribution is 5.98. The van der Waals surface area contributed by atoms with Crippen LogP contribution in [0.5, 0.6) is 5.75 Å². The van der Waals surface area contributed by atoms with Crippen molar-refractivity contribution >= 4 is 23.3 Å². The van der Waals surface area contributed by atoms with Gasteiger partial charge in [0, 0.05) is 11.6 Å². The number of guanidine groups is 1. The van der Waals surface area contributed by atoms with Crippen molar-refractivity contribution in [3.05, 3.63) is 40.7 Å². The second-order valence-electron chi connectivity index (χ2n) is 5.50. The van der Waals surface area contributed by atoms with Crippen molar-refractivity contribution in [3.8, 4) is 18.0 Å². The monoisotopic (exact) mass is 388 g/mol. The molecule has 0 amide bonds. The van der Waals surface area contributed by atoms with Crippen LogP contribution in [0, 0.1) is 28.6 Å². The Morgan fingerprint density at radius 1 is 1.25 bits per heavy atom. The van der Waals surface area contributed by atoms with Gasteiger partial charge in [-0.05, 0) is 17.7 Å². The lowest BCUT2D eigenvalue weighted by molar-refractivity contribution is -0.0500. The van der Waals surface area contributed by atoms with Crippen LogP contribution in [0.1, 0.15) is 22.7 Å². The number of ether oxygens (including phenoxy) is 1. The molecule has 12 heteroatoms. The number of nitrogen functional groups attached to an aromatic ring is 2. The van der Waals surface area contributed by atoms with Crippen molar-refractivity contribution in [2.45, 2.75) is 12.7 Å². The number of hydrogen-bond donors (Lipinski definition) is 4. The summed E-state index contributed by atoms with van der Waals surface area (Å²) in [6, 6.07) is 3.69. The standard InChI is InChI=1S/C16H11F3N8O/c17-7-1-6(2-8(3-7)28-15(18)19)12-10-11(22)9(4-20)13(23)26-14(10)27-16(25-12)24-5-21/h1-3,12,15H,(H6,22,23,24,25,26,27). The summed E-state index contributed by atoms with van der Waals surface area (Å²) in [6.07, 6.45) is 1.66. The Morgan fingerprint density at radius 3 is 2.64 bits per heavy atom. The van der Waals surface area contributed by atoms with Gasteiger partial charge in [-0.25, -0.2) is 14.4 Å². The van der Waals surface area contributed by atoms with Gasteiger partial charge in [0.1, 0.15) is 40.9 Å². The zero-order valence-corrected chi connectivity index (χ0v) is 13.9. The van der Waals surface area contributed by atoms with Gasteiger partial charge >= 0.3 is 6.61 Å². The first kappa shape index (κ1) is 18.6. The highest BCUT2D eigenvalue weighted by Crippen LogP contribution is 2.41. The maximum atomic E-state index is 14.0. The summed E-state index contributed by atoms with van der Waals surface area (Å²) in [5.41, 5.74) is 11.8. The number of anilines is 3. The Balaban J connectivity index is 2.22. The summed E-state index contributed by atoms with van der Waals surface area (Å²) in [5, 5.41) is 23.0. The van der Waals surface area contributed by atoms with Crippen LogP contribution in [0.15, 0.2) is 23.2 Å². The Morgan fingerprint density at radius 2 is 2.00 bits per heavy atom. The number of aromatic nitrogens is 1. The zero-order chi connectivity index (χ0) is 20.4. The lowest BCUT2D eigenvalue weighted by atomic mass is 9.95. The van der Waals surface area contributed by atoms with E-state index in [4.69, 9.17) is 16.7 Å². The van der Waals surface area contributed by atoms with E-state index in [2.05, 4.69) is 25.3 Å². The van der Waals surface area contributed by atoms with Gasteiger partial charge in [-0.2, -0.15) is 19.3 Å². The smallest absolute Gasteiger partial charge is 0.387 e. The molecule has 1 aromatic heterocycles. The summed E-state index contributed by atoms with van der Waals surface area (Å²) in [7, 11) is 0. The van der Waals surface area contributed by atoms with Gasteiger partial charge in [-0.3, -0.25) is 5.32 Å². The van der Waals surface area contributed by atoms with Crippen molar-refractivity contribution < 1.29 is 17.9 Å². The number of benzene rings is 1. The zero-order valence-electron chi connectivity index (χ0n) is 13.9. The lowest BCUT2D eigenvalue weighted by Crippen LogP contribution is -2.32. The third kappa shape index (κ3) is 3.39. The fourth-order valence-corrected chi connectivity index (χ4v) is 2.74. The molecular weight excluding hydrogens is 377 g/mol. The molecule has 9 nitrogen and oxygen atoms in total. The lowest BCUT2D eigenvalue weighted by Gasteiger charge is -2.26. The number of aliphatic imine (C=N–C) groups is 1. The third-order valence-electron chi connectivity index (χ3n) is 3.79. The van der Waals surface area contributed by atoms with E-state index in [1.165, 1.54) is 0 Å². The minimum Gasteiger partial charge on any atom is -0.435 e. The van der Waals surface area contributed by atoms with Crippen LogP contribution in [-0.4, -0.2) is 17.6 Å². The summed E-state index contributed by atoms with van der Waals surface area (Å²) >= 11 is 0. The van der Waals surface area contributed by atoms with E-state index in [-0.39, 0.29) is 40.0 Å². The van der Waals surface area contributed by atoms with Crippen molar-refractivity contribution in [2.75, 3.05) is 16.8 Å². The average molecular weight is 388 g/mol. The molecule has 0 aliphatic carbocycles. The van der Waals surface area contributed by atoms with Gasteiger partial charge in [-0.1, -0.05) is 0 Å². The number of nitrogens with zero attached hydrogens (tertiary/aromatic N) is 4. The van der Waals surface area contributed by atoms with E-state index in [0.717, 1.165) is 18.2 Å². The van der Waals surface area contributed by atoms with Crippen LogP contribution in [0.4, 0.5) is 30.5 Å². The van der Waals surface area contributed by atoms with Crippen molar-refractivity contribution in [1.29, 1.82) is 10.5 Å². The van der Waals surface area contributed by atoms with Crippen LogP contribution in [0.3, 0.4) is 0 Å². The molecule has 1 aliphatic heterocycles. The van der Waals surface area contributed by atoms with Gasteiger partial charge in [0.25, 0.3) is 0 Å². The normalized spacial score (nSPS) is 14.9. The first-order valence-electron chi connectivity index (χ1n) is 7.58. The minimum absolute atomic E-state index is 0.0587. The molecule has 6 N–H and O–H groups in total. The molecule has 1 aliphatic rings. The fourth-order valence-electron chi connectivity index (χ4n) is 2.74. The number of alkyl halides is 2. The Labute approximate surface area is 156 Å². The number of pyridine rings is 1. The third-order valence-corrected chi connectivity index (χ3v) is 3.79. The van der Waals surface area contributed by atoms with Gasteiger partial charge in [0.2, 0.25) is 5.96 Å². The fraction of sp³-hybridized carbons (Fsp3) is 0.125. The first-order chi connectivity index (χ1) is 13.3. The molecule has 2 heterocycles. The average Bonchev–Trinajstić information content (AvgIpc) is 2.60. The molecular formula is C16H11F3N8O. The second-order valence-corrected chi connectivity index (χ2v) is 5.50. The Kier molecular flexibility index (Phi) is 4.78. The highest BCUT2D eigenvalue weighted by Gasteiger charge is 2.30. The molecule has 142 valence electrons. The minimum atomic E-state index is -3.16. The van der Waals surface area contributed by atoms with Gasteiger partial charge < -0.3 is 21.5 Å². The highest BCUT2D eigenvalue weighted by atomic mass is 19.3. The van der Waals surface area contributed by atoms with Gasteiger partial charge in [0.05, 0.1) is 5.69 Å². The second kappa shape index (κ2) is 7.20. The number of hydrogen-bond acceptors (Lipinski definition) is 9. The number of nitrogens with one attached hydrogen (secondary N) is 2. The number of rotatable bonds is 3. The number of fused-ring (bicyclic) bond motifs is 1. The van der Waals surface area contributed by atoms with Gasteiger partial charge in [0.15, 0.2) is 6.19 Å². The maximum absolute atomic E-state index is 14.0. The van der Waals surface area contributed by atoms with Crippen LogP contribution in [-0.2, 0) is 0 Å². The molecule has 0 saturated carbocycles. The maximum Gasteiger partial charge on any atom is 0.387 e. The number of nitriles is 2. The van der Waals surface area contributed by atoms with Crippen molar-refractivity contribution in [1.82, 2.24) is 10.3 Å². The largest absolute Gasteiger partial charge is 0.435 e. The van der Waals surface area contributed by atoms with Crippen LogP contribution >= 0.6 is 0 Å². The van der Waals surface area contributed by atoms with Crippen LogP contribution in [0.2, 0.25) is 0 Å². The van der Waals surface area contributed by atoms with Crippen LogP contribution < -0.4 is 26.8 Å². The molecule has 0 bridgehead atoms. The van der Waals surface area contributed by atoms with Crippen LogP contribution in [0.25, 0.3) is 0 Å². The van der Waals surface area contributed by atoms with Crippen molar-refractivity contribution in [2.24, 2.45) is 4.99 Å². The summed E-state index contributed by atoms with van der Waals surface area (Å²) in [6.45, 7) is -3.16. The number of nitrogens with two attached hydrogens (primary N) is 2. The Bertz CT molecular complexity index is 1060. The summed E-state index contributed by atoms with van der Waals surface area (Å²) in [5.74, 6) is -1.44. The van der Waals surface area contributed by atoms with E-state index in [0.29, 0.717) is 0 Å². The van der Waals surface area contributed by atoms with E-state index < -0.39 is 24.2 Å². The molecule has 0 spiro atoms. The predicted molar refractivity (Wildman–Crippen MR) is 92.5 cm³/mol. The SMILES string of the molecule is N#CNC1=NC(c2cc(F)cc(OC(F)F)c2)c2c(nc(N)c(C#N)c2N)N1. The molecule has 1 unspecified atom stereocenters. The first-order valence-corrected chi connectivity index (χ1v) is 7.58. The Hall–Kier alpha value is -4.19.